The van der Waals surface area contributed by atoms with Gasteiger partial charge in [-0.3, -0.25) is 0 Å². The van der Waals surface area contributed by atoms with Gasteiger partial charge in [-0.15, -0.1) is 11.3 Å². The summed E-state index contributed by atoms with van der Waals surface area (Å²) >= 11 is 1.67. The van der Waals surface area contributed by atoms with E-state index in [2.05, 4.69) is 34.5 Å². The first-order valence-corrected chi connectivity index (χ1v) is 8.09. The number of aryl methyl sites for hydroxylation is 1. The third-order valence-corrected chi connectivity index (χ3v) is 5.40. The summed E-state index contributed by atoms with van der Waals surface area (Å²) in [6, 6.07) is 0. The number of thiophene rings is 1. The van der Waals surface area contributed by atoms with Gasteiger partial charge in [0.05, 0.1) is 22.4 Å². The van der Waals surface area contributed by atoms with E-state index in [1.165, 1.54) is 12.0 Å². The fourth-order valence-electron chi connectivity index (χ4n) is 3.27. The third kappa shape index (κ3) is 2.40. The highest BCUT2D eigenvalue weighted by atomic mass is 32.1. The van der Waals surface area contributed by atoms with Crippen molar-refractivity contribution in [2.24, 2.45) is 5.92 Å². The van der Waals surface area contributed by atoms with Crippen LogP contribution >= 0.6 is 11.3 Å². The minimum atomic E-state index is -0.225. The van der Waals surface area contributed by atoms with Gasteiger partial charge in [0.25, 0.3) is 0 Å². The van der Waals surface area contributed by atoms with E-state index in [4.69, 9.17) is 0 Å². The van der Waals surface area contributed by atoms with Crippen molar-refractivity contribution in [3.63, 3.8) is 0 Å². The predicted octanol–water partition coefficient (Wildman–Crippen LogP) is 3.35. The maximum absolute atomic E-state index is 9.90. The van der Waals surface area contributed by atoms with Gasteiger partial charge >= 0.3 is 0 Å². The van der Waals surface area contributed by atoms with Crippen LogP contribution in [0.5, 0.6) is 0 Å². The number of hydrogen-bond donors (Lipinski definition) is 2. The fourth-order valence-corrected chi connectivity index (χ4v) is 4.21. The third-order valence-electron chi connectivity index (χ3n) is 4.31. The second-order valence-electron chi connectivity index (χ2n) is 6.08. The number of nitrogens with zero attached hydrogens (tertiary/aromatic N) is 2. The van der Waals surface area contributed by atoms with Crippen LogP contribution in [-0.2, 0) is 0 Å². The van der Waals surface area contributed by atoms with E-state index in [0.29, 0.717) is 5.92 Å². The molecule has 2 aromatic rings. The van der Waals surface area contributed by atoms with E-state index in [0.717, 1.165) is 35.3 Å². The second-order valence-corrected chi connectivity index (χ2v) is 6.96. The van der Waals surface area contributed by atoms with E-state index in [1.807, 2.05) is 0 Å². The van der Waals surface area contributed by atoms with Gasteiger partial charge < -0.3 is 10.4 Å². The lowest BCUT2D eigenvalue weighted by atomic mass is 9.77. The van der Waals surface area contributed by atoms with Gasteiger partial charge in [0.1, 0.15) is 12.1 Å². The Morgan fingerprint density at radius 2 is 2.35 bits per heavy atom. The minimum Gasteiger partial charge on any atom is -0.394 e. The molecule has 1 saturated carbocycles. The molecule has 108 valence electrons. The molecule has 0 aliphatic heterocycles. The Balaban J connectivity index is 1.95. The van der Waals surface area contributed by atoms with Crippen LogP contribution in [0.2, 0.25) is 0 Å². The molecule has 0 spiro atoms. The van der Waals surface area contributed by atoms with E-state index < -0.39 is 0 Å². The van der Waals surface area contributed by atoms with Gasteiger partial charge in [-0.1, -0.05) is 19.8 Å². The molecule has 5 heteroatoms. The quantitative estimate of drug-likeness (QED) is 0.910. The number of fused-ring (bicyclic) bond motifs is 1. The first-order valence-electron chi connectivity index (χ1n) is 7.21. The van der Waals surface area contributed by atoms with Gasteiger partial charge in [0.15, 0.2) is 0 Å². The van der Waals surface area contributed by atoms with Crippen LogP contribution in [0.4, 0.5) is 5.82 Å². The number of hydrogen-bond acceptors (Lipinski definition) is 5. The summed E-state index contributed by atoms with van der Waals surface area (Å²) in [6.45, 7) is 4.49. The number of aliphatic hydroxyl groups excluding tert-OH is 1. The van der Waals surface area contributed by atoms with E-state index in [1.54, 1.807) is 17.7 Å². The molecule has 3 rings (SSSR count). The number of rotatable bonds is 3. The summed E-state index contributed by atoms with van der Waals surface area (Å²) in [4.78, 5) is 8.76. The van der Waals surface area contributed by atoms with Crippen LogP contribution < -0.4 is 5.32 Å². The maximum atomic E-state index is 9.90. The molecule has 2 unspecified atom stereocenters. The zero-order valence-corrected chi connectivity index (χ0v) is 12.8. The normalized spacial score (nSPS) is 26.9. The first kappa shape index (κ1) is 13.8. The predicted molar refractivity (Wildman–Crippen MR) is 83.2 cm³/mol. The molecule has 1 aliphatic carbocycles. The van der Waals surface area contributed by atoms with Gasteiger partial charge in [-0.2, -0.15) is 0 Å². The van der Waals surface area contributed by atoms with Gasteiger partial charge in [0, 0.05) is 0 Å². The van der Waals surface area contributed by atoms with Crippen LogP contribution in [-0.4, -0.2) is 27.2 Å². The van der Waals surface area contributed by atoms with E-state index in [9.17, 15) is 5.11 Å². The highest BCUT2D eigenvalue weighted by molar-refractivity contribution is 7.18. The number of aromatic nitrogens is 2. The Labute approximate surface area is 123 Å². The summed E-state index contributed by atoms with van der Waals surface area (Å²) in [5, 5.41) is 15.5. The van der Waals surface area contributed by atoms with E-state index in [-0.39, 0.29) is 12.1 Å². The number of nitrogens with one attached hydrogen (secondary N) is 1. The maximum Gasteiger partial charge on any atom is 0.147 e. The van der Waals surface area contributed by atoms with Crippen molar-refractivity contribution in [2.75, 3.05) is 11.9 Å². The molecule has 0 aromatic carbocycles. The van der Waals surface area contributed by atoms with Crippen LogP contribution in [0.1, 0.15) is 38.2 Å². The zero-order valence-electron chi connectivity index (χ0n) is 12.0. The van der Waals surface area contributed by atoms with Gasteiger partial charge in [-0.25, -0.2) is 9.97 Å². The van der Waals surface area contributed by atoms with Crippen molar-refractivity contribution >= 4 is 27.4 Å². The largest absolute Gasteiger partial charge is 0.394 e. The molecule has 2 atom stereocenters. The lowest BCUT2D eigenvalue weighted by molar-refractivity contribution is 0.149. The van der Waals surface area contributed by atoms with Crippen LogP contribution in [0.3, 0.4) is 0 Å². The topological polar surface area (TPSA) is 58.0 Å². The average Bonchev–Trinajstić information content (AvgIpc) is 2.82. The molecule has 2 N–H and O–H groups in total. The lowest BCUT2D eigenvalue weighted by Gasteiger charge is -2.39. The van der Waals surface area contributed by atoms with Gasteiger partial charge in [-0.05, 0) is 36.6 Å². The van der Waals surface area contributed by atoms with Crippen molar-refractivity contribution in [3.8, 4) is 0 Å². The van der Waals surface area contributed by atoms with Gasteiger partial charge in [0.2, 0.25) is 0 Å². The number of anilines is 1. The molecule has 0 saturated heterocycles. The van der Waals surface area contributed by atoms with Crippen LogP contribution in [0.15, 0.2) is 11.7 Å². The highest BCUT2D eigenvalue weighted by Gasteiger charge is 2.35. The molecule has 1 aliphatic rings. The highest BCUT2D eigenvalue weighted by Crippen LogP contribution is 2.37. The molecule has 1 fully saturated rings. The summed E-state index contributed by atoms with van der Waals surface area (Å²) in [6.07, 6.45) is 6.03. The molecular formula is C15H21N3OS. The van der Waals surface area contributed by atoms with Crippen molar-refractivity contribution < 1.29 is 5.11 Å². The summed E-state index contributed by atoms with van der Waals surface area (Å²) < 4.78 is 1.09. The Kier molecular flexibility index (Phi) is 3.65. The second kappa shape index (κ2) is 5.30. The SMILES string of the molecule is Cc1csc2c(NC3(CO)CCCC(C)C3)ncnc12. The molecule has 0 bridgehead atoms. The Hall–Kier alpha value is -1.20. The molecule has 4 nitrogen and oxygen atoms in total. The van der Waals surface area contributed by atoms with Crippen LogP contribution in [0, 0.1) is 12.8 Å². The minimum absolute atomic E-state index is 0.160. The summed E-state index contributed by atoms with van der Waals surface area (Å²) in [5.41, 5.74) is 1.98. The standard InChI is InChI=1S/C15H21N3OS/c1-10-4-3-5-15(6-10,8-19)18-14-13-12(16-9-17-14)11(2)7-20-13/h7,9-10,19H,3-6,8H2,1-2H3,(H,16,17,18). The monoisotopic (exact) mass is 291 g/mol. The first-order chi connectivity index (χ1) is 9.63. The molecule has 2 aromatic heterocycles. The van der Waals surface area contributed by atoms with Crippen LogP contribution in [0.25, 0.3) is 10.2 Å². The Morgan fingerprint density at radius 1 is 1.50 bits per heavy atom. The average molecular weight is 291 g/mol. The molecule has 0 amide bonds. The Morgan fingerprint density at radius 3 is 3.10 bits per heavy atom. The number of aliphatic hydroxyl groups is 1. The Bertz CT molecular complexity index is 612. The van der Waals surface area contributed by atoms with Crippen molar-refractivity contribution in [1.29, 1.82) is 0 Å². The molecular weight excluding hydrogens is 270 g/mol. The summed E-state index contributed by atoms with van der Waals surface area (Å²) in [7, 11) is 0. The van der Waals surface area contributed by atoms with Crippen molar-refractivity contribution in [1.82, 2.24) is 9.97 Å². The summed E-state index contributed by atoms with van der Waals surface area (Å²) in [5.74, 6) is 1.52. The molecule has 0 radical (unpaired) electrons. The van der Waals surface area contributed by atoms with Crippen molar-refractivity contribution in [3.05, 3.63) is 17.3 Å². The smallest absolute Gasteiger partial charge is 0.147 e. The zero-order chi connectivity index (χ0) is 14.2. The lowest BCUT2D eigenvalue weighted by Crippen LogP contribution is -2.46. The van der Waals surface area contributed by atoms with Crippen molar-refractivity contribution in [2.45, 2.75) is 45.1 Å². The molecule has 20 heavy (non-hydrogen) atoms. The fraction of sp³-hybridized carbons (Fsp3) is 0.600. The molecule has 2 heterocycles. The van der Waals surface area contributed by atoms with E-state index >= 15 is 0 Å².